The molecular formula is C11H14N4. The maximum Gasteiger partial charge on any atom is 0.126 e. The van der Waals surface area contributed by atoms with Crippen LogP contribution in [-0.2, 0) is 13.0 Å². The molecule has 0 spiro atoms. The number of pyridine rings is 1. The second kappa shape index (κ2) is 4.13. The summed E-state index contributed by atoms with van der Waals surface area (Å²) in [6, 6.07) is 5.91. The lowest BCUT2D eigenvalue weighted by molar-refractivity contribution is 0.630. The molecule has 4 nitrogen and oxygen atoms in total. The van der Waals surface area contributed by atoms with Crippen molar-refractivity contribution in [3.8, 4) is 0 Å². The van der Waals surface area contributed by atoms with Gasteiger partial charge in [0.05, 0.1) is 0 Å². The molecule has 2 heterocycles. The summed E-state index contributed by atoms with van der Waals surface area (Å²) in [5.74, 6) is 0.598. The molecular weight excluding hydrogens is 188 g/mol. The van der Waals surface area contributed by atoms with Crippen LogP contribution < -0.4 is 5.73 Å². The SMILES string of the molecule is CCn1nccc1Cc1cccnc1N. The number of aromatic nitrogens is 3. The summed E-state index contributed by atoms with van der Waals surface area (Å²) in [4.78, 5) is 4.06. The molecule has 4 heteroatoms. The van der Waals surface area contributed by atoms with E-state index in [2.05, 4.69) is 17.0 Å². The number of anilines is 1. The first-order chi connectivity index (χ1) is 7.31. The van der Waals surface area contributed by atoms with Crippen LogP contribution in [0.4, 0.5) is 5.82 Å². The first kappa shape index (κ1) is 9.71. The van der Waals surface area contributed by atoms with E-state index in [-0.39, 0.29) is 0 Å². The summed E-state index contributed by atoms with van der Waals surface area (Å²) in [5, 5.41) is 4.22. The van der Waals surface area contributed by atoms with Crippen LogP contribution in [-0.4, -0.2) is 14.8 Å². The van der Waals surface area contributed by atoms with E-state index in [4.69, 9.17) is 5.73 Å². The highest BCUT2D eigenvalue weighted by molar-refractivity contribution is 5.40. The molecule has 2 aromatic heterocycles. The zero-order valence-corrected chi connectivity index (χ0v) is 8.72. The Balaban J connectivity index is 2.26. The smallest absolute Gasteiger partial charge is 0.126 e. The minimum atomic E-state index is 0.598. The lowest BCUT2D eigenvalue weighted by atomic mass is 10.1. The summed E-state index contributed by atoms with van der Waals surface area (Å²) < 4.78 is 1.96. The first-order valence-corrected chi connectivity index (χ1v) is 5.01. The topological polar surface area (TPSA) is 56.7 Å². The number of hydrogen-bond donors (Lipinski definition) is 1. The van der Waals surface area contributed by atoms with Gasteiger partial charge in [-0.3, -0.25) is 4.68 Å². The fourth-order valence-electron chi connectivity index (χ4n) is 1.59. The largest absolute Gasteiger partial charge is 0.383 e. The van der Waals surface area contributed by atoms with Crippen molar-refractivity contribution in [3.05, 3.63) is 41.9 Å². The molecule has 2 N–H and O–H groups in total. The number of hydrogen-bond acceptors (Lipinski definition) is 3. The third-order valence-corrected chi connectivity index (χ3v) is 2.40. The van der Waals surface area contributed by atoms with Crippen LogP contribution in [0, 0.1) is 0 Å². The van der Waals surface area contributed by atoms with Gasteiger partial charge >= 0.3 is 0 Å². The molecule has 0 atom stereocenters. The van der Waals surface area contributed by atoms with Gasteiger partial charge in [0.25, 0.3) is 0 Å². The van der Waals surface area contributed by atoms with Crippen LogP contribution >= 0.6 is 0 Å². The van der Waals surface area contributed by atoms with Crippen molar-refractivity contribution >= 4 is 5.82 Å². The van der Waals surface area contributed by atoms with E-state index < -0.39 is 0 Å². The summed E-state index contributed by atoms with van der Waals surface area (Å²) in [5.41, 5.74) is 8.00. The van der Waals surface area contributed by atoms with Crippen molar-refractivity contribution in [1.29, 1.82) is 0 Å². The third-order valence-electron chi connectivity index (χ3n) is 2.40. The lowest BCUT2D eigenvalue weighted by Gasteiger charge is -2.06. The Morgan fingerprint density at radius 3 is 2.93 bits per heavy atom. The fourth-order valence-corrected chi connectivity index (χ4v) is 1.59. The molecule has 0 bridgehead atoms. The Morgan fingerprint density at radius 2 is 2.20 bits per heavy atom. The fraction of sp³-hybridized carbons (Fsp3) is 0.273. The van der Waals surface area contributed by atoms with Gasteiger partial charge in [-0.25, -0.2) is 4.98 Å². The van der Waals surface area contributed by atoms with Crippen LogP contribution in [0.1, 0.15) is 18.2 Å². The number of nitrogens with zero attached hydrogens (tertiary/aromatic N) is 3. The first-order valence-electron chi connectivity index (χ1n) is 5.01. The Hall–Kier alpha value is -1.84. The molecule has 0 aliphatic rings. The van der Waals surface area contributed by atoms with Crippen molar-refractivity contribution in [1.82, 2.24) is 14.8 Å². The van der Waals surface area contributed by atoms with Crippen molar-refractivity contribution in [3.63, 3.8) is 0 Å². The van der Waals surface area contributed by atoms with Gasteiger partial charge in [-0.15, -0.1) is 0 Å². The summed E-state index contributed by atoms with van der Waals surface area (Å²) >= 11 is 0. The quantitative estimate of drug-likeness (QED) is 0.820. The molecule has 0 saturated heterocycles. The van der Waals surface area contributed by atoms with Crippen molar-refractivity contribution in [2.45, 2.75) is 19.9 Å². The average molecular weight is 202 g/mol. The highest BCUT2D eigenvalue weighted by Gasteiger charge is 2.04. The molecule has 15 heavy (non-hydrogen) atoms. The van der Waals surface area contributed by atoms with E-state index in [0.717, 1.165) is 24.2 Å². The maximum atomic E-state index is 5.79. The van der Waals surface area contributed by atoms with Gasteiger partial charge in [-0.2, -0.15) is 5.10 Å². The van der Waals surface area contributed by atoms with E-state index in [1.54, 1.807) is 6.20 Å². The average Bonchev–Trinajstić information content (AvgIpc) is 2.69. The van der Waals surface area contributed by atoms with Gasteiger partial charge in [-0.1, -0.05) is 6.07 Å². The maximum absolute atomic E-state index is 5.79. The zero-order chi connectivity index (χ0) is 10.7. The standard InChI is InChI=1S/C11H14N4/c1-2-15-10(5-7-14-15)8-9-4-3-6-13-11(9)12/h3-7H,2,8H2,1H3,(H2,12,13). The zero-order valence-electron chi connectivity index (χ0n) is 8.72. The summed E-state index contributed by atoms with van der Waals surface area (Å²) in [7, 11) is 0. The summed E-state index contributed by atoms with van der Waals surface area (Å²) in [6.45, 7) is 2.95. The molecule has 0 aromatic carbocycles. The normalized spacial score (nSPS) is 10.5. The molecule has 2 rings (SSSR count). The second-order valence-corrected chi connectivity index (χ2v) is 3.36. The molecule has 0 unspecified atom stereocenters. The minimum Gasteiger partial charge on any atom is -0.383 e. The van der Waals surface area contributed by atoms with Gasteiger partial charge in [-0.05, 0) is 19.1 Å². The Labute approximate surface area is 88.8 Å². The van der Waals surface area contributed by atoms with Crippen molar-refractivity contribution < 1.29 is 0 Å². The van der Waals surface area contributed by atoms with E-state index >= 15 is 0 Å². The van der Waals surface area contributed by atoms with Crippen LogP contribution in [0.15, 0.2) is 30.6 Å². The Kier molecular flexibility index (Phi) is 2.67. The summed E-state index contributed by atoms with van der Waals surface area (Å²) in [6.07, 6.45) is 4.30. The van der Waals surface area contributed by atoms with Crippen LogP contribution in [0.25, 0.3) is 0 Å². The Bertz CT molecular complexity index is 447. The van der Waals surface area contributed by atoms with Crippen molar-refractivity contribution in [2.24, 2.45) is 0 Å². The number of rotatable bonds is 3. The van der Waals surface area contributed by atoms with Gasteiger partial charge in [0, 0.05) is 36.6 Å². The molecule has 2 aromatic rings. The third kappa shape index (κ3) is 1.98. The molecule has 0 saturated carbocycles. The van der Waals surface area contributed by atoms with Gasteiger partial charge in [0.1, 0.15) is 5.82 Å². The molecule has 0 fully saturated rings. The van der Waals surface area contributed by atoms with Crippen LogP contribution in [0.5, 0.6) is 0 Å². The van der Waals surface area contributed by atoms with Gasteiger partial charge < -0.3 is 5.73 Å². The molecule has 0 amide bonds. The number of nitrogen functional groups attached to an aromatic ring is 1. The predicted molar refractivity (Wildman–Crippen MR) is 59.4 cm³/mol. The molecule has 0 aliphatic carbocycles. The predicted octanol–water partition coefficient (Wildman–Crippen LogP) is 1.47. The molecule has 0 radical (unpaired) electrons. The van der Waals surface area contributed by atoms with E-state index in [1.165, 1.54) is 0 Å². The molecule has 78 valence electrons. The number of aryl methyl sites for hydroxylation is 1. The highest BCUT2D eigenvalue weighted by Crippen LogP contribution is 2.13. The Morgan fingerprint density at radius 1 is 1.33 bits per heavy atom. The highest BCUT2D eigenvalue weighted by atomic mass is 15.3. The van der Waals surface area contributed by atoms with Crippen molar-refractivity contribution in [2.75, 3.05) is 5.73 Å². The molecule has 0 aliphatic heterocycles. The van der Waals surface area contributed by atoms with E-state index in [9.17, 15) is 0 Å². The van der Waals surface area contributed by atoms with E-state index in [0.29, 0.717) is 5.82 Å². The van der Waals surface area contributed by atoms with E-state index in [1.807, 2.05) is 29.1 Å². The minimum absolute atomic E-state index is 0.598. The lowest BCUT2D eigenvalue weighted by Crippen LogP contribution is -2.05. The number of nitrogens with two attached hydrogens (primary N) is 1. The van der Waals surface area contributed by atoms with Crippen LogP contribution in [0.3, 0.4) is 0 Å². The second-order valence-electron chi connectivity index (χ2n) is 3.36. The monoisotopic (exact) mass is 202 g/mol. The van der Waals surface area contributed by atoms with Gasteiger partial charge in [0.15, 0.2) is 0 Å². The van der Waals surface area contributed by atoms with Crippen LogP contribution in [0.2, 0.25) is 0 Å². The van der Waals surface area contributed by atoms with Gasteiger partial charge in [0.2, 0.25) is 0 Å².